The minimum absolute atomic E-state index is 0.179. The van der Waals surface area contributed by atoms with Crippen LogP contribution in [0.4, 0.5) is 0 Å². The molecule has 1 N–H and O–H groups in total. The van der Waals surface area contributed by atoms with Gasteiger partial charge in [-0.1, -0.05) is 23.4 Å². The molecular formula is C21H24N2O5. The van der Waals surface area contributed by atoms with Crippen LogP contribution in [0.25, 0.3) is 0 Å². The largest absolute Gasteiger partial charge is 0.497 e. The fourth-order valence-corrected chi connectivity index (χ4v) is 2.97. The van der Waals surface area contributed by atoms with Crippen LogP contribution in [-0.4, -0.2) is 45.6 Å². The maximum Gasteiger partial charge on any atom is 0.264 e. The Hall–Kier alpha value is -3.22. The molecule has 0 aromatic heterocycles. The summed E-state index contributed by atoms with van der Waals surface area (Å²) in [5, 5.41) is 6.96. The van der Waals surface area contributed by atoms with Crippen molar-refractivity contribution in [3.05, 3.63) is 53.6 Å². The molecular weight excluding hydrogens is 360 g/mol. The van der Waals surface area contributed by atoms with Gasteiger partial charge in [-0.3, -0.25) is 4.79 Å². The number of carbonyl (C=O) groups excluding carboxylic acids is 1. The molecule has 1 atom stereocenters. The highest BCUT2D eigenvalue weighted by atomic mass is 16.6. The van der Waals surface area contributed by atoms with Crippen LogP contribution in [0.2, 0.25) is 0 Å². The summed E-state index contributed by atoms with van der Waals surface area (Å²) in [7, 11) is 4.81. The van der Waals surface area contributed by atoms with Crippen LogP contribution in [0.5, 0.6) is 17.2 Å². The van der Waals surface area contributed by atoms with Crippen molar-refractivity contribution in [3.63, 3.8) is 0 Å². The number of methoxy groups -OCH3 is 3. The Labute approximate surface area is 164 Å². The topological polar surface area (TPSA) is 78.4 Å². The minimum atomic E-state index is -0.619. The van der Waals surface area contributed by atoms with Crippen molar-refractivity contribution in [2.45, 2.75) is 18.9 Å². The van der Waals surface area contributed by atoms with Gasteiger partial charge in [0.1, 0.15) is 5.75 Å². The average Bonchev–Trinajstić information content (AvgIpc) is 3.24. The Kier molecular flexibility index (Phi) is 6.37. The molecule has 7 nitrogen and oxygen atoms in total. The molecule has 28 heavy (non-hydrogen) atoms. The Morgan fingerprint density at radius 1 is 1.11 bits per heavy atom. The van der Waals surface area contributed by atoms with Gasteiger partial charge in [0.05, 0.1) is 27.0 Å². The third-order valence-electron chi connectivity index (χ3n) is 4.53. The number of hydrogen-bond donors (Lipinski definition) is 1. The standard InChI is InChI=1S/C21H24N2O5/c1-25-16-6-4-5-15(12-16)17-13-20(28-23-17)21(24)22-10-9-14-7-8-18(26-2)19(11-14)27-3/h4-8,11-12,20H,9-10,13H2,1-3H3,(H,22,24)/t20-/m1/s1. The van der Waals surface area contributed by atoms with Crippen LogP contribution < -0.4 is 19.5 Å². The molecule has 148 valence electrons. The van der Waals surface area contributed by atoms with Gasteiger partial charge in [-0.2, -0.15) is 0 Å². The summed E-state index contributed by atoms with van der Waals surface area (Å²) in [5.74, 6) is 1.91. The van der Waals surface area contributed by atoms with Gasteiger partial charge in [-0.15, -0.1) is 0 Å². The van der Waals surface area contributed by atoms with E-state index in [1.54, 1.807) is 21.3 Å². The van der Waals surface area contributed by atoms with Gasteiger partial charge in [-0.05, 0) is 36.2 Å². The monoisotopic (exact) mass is 384 g/mol. The van der Waals surface area contributed by atoms with Gasteiger partial charge in [0.25, 0.3) is 5.91 Å². The van der Waals surface area contributed by atoms with Crippen LogP contribution in [-0.2, 0) is 16.1 Å². The third kappa shape index (κ3) is 4.54. The first-order valence-electron chi connectivity index (χ1n) is 9.00. The lowest BCUT2D eigenvalue weighted by molar-refractivity contribution is -0.131. The summed E-state index contributed by atoms with van der Waals surface area (Å²) in [4.78, 5) is 17.7. The highest BCUT2D eigenvalue weighted by Gasteiger charge is 2.28. The second kappa shape index (κ2) is 9.12. The lowest BCUT2D eigenvalue weighted by Crippen LogP contribution is -2.36. The maximum atomic E-state index is 12.4. The predicted molar refractivity (Wildman–Crippen MR) is 105 cm³/mol. The zero-order valence-electron chi connectivity index (χ0n) is 16.2. The minimum Gasteiger partial charge on any atom is -0.497 e. The van der Waals surface area contributed by atoms with E-state index in [4.69, 9.17) is 19.0 Å². The van der Waals surface area contributed by atoms with E-state index in [0.717, 1.165) is 22.6 Å². The number of ether oxygens (including phenoxy) is 3. The number of nitrogens with one attached hydrogen (secondary N) is 1. The van der Waals surface area contributed by atoms with Crippen molar-refractivity contribution in [1.29, 1.82) is 0 Å². The molecule has 0 saturated carbocycles. The van der Waals surface area contributed by atoms with Gasteiger partial charge >= 0.3 is 0 Å². The Morgan fingerprint density at radius 3 is 2.68 bits per heavy atom. The number of amides is 1. The smallest absolute Gasteiger partial charge is 0.264 e. The molecule has 1 aliphatic heterocycles. The molecule has 0 fully saturated rings. The molecule has 0 saturated heterocycles. The molecule has 7 heteroatoms. The van der Waals surface area contributed by atoms with Gasteiger partial charge in [0.2, 0.25) is 6.10 Å². The Bertz CT molecular complexity index is 866. The number of rotatable bonds is 8. The average molecular weight is 384 g/mol. The summed E-state index contributed by atoms with van der Waals surface area (Å²) in [5.41, 5.74) is 2.66. The van der Waals surface area contributed by atoms with Crippen molar-refractivity contribution >= 4 is 11.6 Å². The molecule has 0 unspecified atom stereocenters. The fraction of sp³-hybridized carbons (Fsp3) is 0.333. The molecule has 0 aliphatic carbocycles. The van der Waals surface area contributed by atoms with E-state index < -0.39 is 6.10 Å². The first kappa shape index (κ1) is 19.5. The van der Waals surface area contributed by atoms with Gasteiger partial charge in [0.15, 0.2) is 11.5 Å². The molecule has 0 spiro atoms. The number of benzene rings is 2. The number of oxime groups is 1. The first-order chi connectivity index (χ1) is 13.6. The van der Waals surface area contributed by atoms with Gasteiger partial charge < -0.3 is 24.4 Å². The van der Waals surface area contributed by atoms with E-state index in [9.17, 15) is 4.79 Å². The molecule has 1 aliphatic rings. The summed E-state index contributed by atoms with van der Waals surface area (Å²) in [6.07, 6.45) is 0.476. The molecule has 1 heterocycles. The lowest BCUT2D eigenvalue weighted by atomic mass is 10.0. The molecule has 2 aromatic carbocycles. The zero-order chi connectivity index (χ0) is 19.9. The highest BCUT2D eigenvalue weighted by Crippen LogP contribution is 2.27. The van der Waals surface area contributed by atoms with E-state index in [1.165, 1.54) is 0 Å². The number of carbonyl (C=O) groups is 1. The van der Waals surface area contributed by atoms with E-state index in [0.29, 0.717) is 30.9 Å². The van der Waals surface area contributed by atoms with Crippen LogP contribution in [0.1, 0.15) is 17.5 Å². The van der Waals surface area contributed by atoms with E-state index in [1.807, 2.05) is 42.5 Å². The summed E-state index contributed by atoms with van der Waals surface area (Å²) in [6.45, 7) is 0.489. The zero-order valence-corrected chi connectivity index (χ0v) is 16.2. The van der Waals surface area contributed by atoms with Gasteiger partial charge in [-0.25, -0.2) is 0 Å². The number of nitrogens with zero attached hydrogens (tertiary/aromatic N) is 1. The molecule has 3 rings (SSSR count). The SMILES string of the molecule is COc1cccc(C2=NO[C@@H](C(=O)NCCc3ccc(OC)c(OC)c3)C2)c1. The van der Waals surface area contributed by atoms with E-state index in [-0.39, 0.29) is 5.91 Å². The predicted octanol–water partition coefficient (Wildman–Crippen LogP) is 2.56. The first-order valence-corrected chi connectivity index (χ1v) is 9.00. The van der Waals surface area contributed by atoms with Crippen molar-refractivity contribution in [1.82, 2.24) is 5.32 Å². The number of hydrogen-bond acceptors (Lipinski definition) is 6. The lowest BCUT2D eigenvalue weighted by Gasteiger charge is -2.11. The van der Waals surface area contributed by atoms with Crippen molar-refractivity contribution in [2.24, 2.45) is 5.16 Å². The molecule has 2 aromatic rings. The summed E-state index contributed by atoms with van der Waals surface area (Å²) < 4.78 is 15.8. The molecule has 0 radical (unpaired) electrons. The van der Waals surface area contributed by atoms with Crippen molar-refractivity contribution in [3.8, 4) is 17.2 Å². The van der Waals surface area contributed by atoms with Gasteiger partial charge in [0, 0.05) is 18.5 Å². The van der Waals surface area contributed by atoms with E-state index in [2.05, 4.69) is 10.5 Å². The maximum absolute atomic E-state index is 12.4. The summed E-state index contributed by atoms with van der Waals surface area (Å²) in [6, 6.07) is 13.2. The van der Waals surface area contributed by atoms with Crippen LogP contribution in [0, 0.1) is 0 Å². The Balaban J connectivity index is 1.50. The second-order valence-corrected chi connectivity index (χ2v) is 6.30. The fourth-order valence-electron chi connectivity index (χ4n) is 2.97. The molecule has 0 bridgehead atoms. The second-order valence-electron chi connectivity index (χ2n) is 6.30. The van der Waals surface area contributed by atoms with Crippen LogP contribution >= 0.6 is 0 Å². The van der Waals surface area contributed by atoms with E-state index >= 15 is 0 Å². The normalized spacial score (nSPS) is 15.4. The van der Waals surface area contributed by atoms with Crippen LogP contribution in [0.3, 0.4) is 0 Å². The molecule has 1 amide bonds. The van der Waals surface area contributed by atoms with Crippen molar-refractivity contribution in [2.75, 3.05) is 27.9 Å². The quantitative estimate of drug-likeness (QED) is 0.757. The van der Waals surface area contributed by atoms with Crippen LogP contribution in [0.15, 0.2) is 47.6 Å². The summed E-state index contributed by atoms with van der Waals surface area (Å²) >= 11 is 0. The third-order valence-corrected chi connectivity index (χ3v) is 4.53. The highest BCUT2D eigenvalue weighted by molar-refractivity contribution is 6.04. The Morgan fingerprint density at radius 2 is 1.93 bits per heavy atom. The van der Waals surface area contributed by atoms with Crippen molar-refractivity contribution < 1.29 is 23.8 Å².